The Labute approximate surface area is 166 Å². The maximum atomic E-state index is 13.7. The highest BCUT2D eigenvalue weighted by atomic mass is 35.5. The smallest absolute Gasteiger partial charge is 0.234 e. The Bertz CT molecular complexity index is 997. The van der Waals surface area contributed by atoms with Gasteiger partial charge in [0.15, 0.2) is 5.82 Å². The van der Waals surface area contributed by atoms with Gasteiger partial charge in [-0.2, -0.15) is 0 Å². The average molecular weight is 430 g/mol. The lowest BCUT2D eigenvalue weighted by Crippen LogP contribution is -2.16. The molecule has 11 heteroatoms. The first-order chi connectivity index (χ1) is 12.8. The third-order valence-electron chi connectivity index (χ3n) is 3.38. The number of anilines is 1. The molecule has 0 saturated carbocycles. The molecule has 3 N–H and O–H groups in total. The third-order valence-corrected chi connectivity index (χ3v) is 4.92. The highest BCUT2D eigenvalue weighted by Gasteiger charge is 2.18. The van der Waals surface area contributed by atoms with Crippen molar-refractivity contribution in [3.05, 3.63) is 58.1 Å². The van der Waals surface area contributed by atoms with Crippen molar-refractivity contribution in [3.63, 3.8) is 0 Å². The summed E-state index contributed by atoms with van der Waals surface area (Å²) < 4.78 is 27.7. The molecule has 0 aliphatic carbocycles. The number of halogens is 4. The van der Waals surface area contributed by atoms with Crippen LogP contribution < -0.4 is 11.2 Å². The van der Waals surface area contributed by atoms with Gasteiger partial charge < -0.3 is 11.2 Å². The number of nitrogens with one attached hydrogen (secondary N) is 1. The van der Waals surface area contributed by atoms with Gasteiger partial charge in [0.05, 0.1) is 15.8 Å². The van der Waals surface area contributed by atoms with E-state index in [0.29, 0.717) is 5.69 Å². The van der Waals surface area contributed by atoms with Gasteiger partial charge in [0.25, 0.3) is 0 Å². The Morgan fingerprint density at radius 1 is 1.15 bits per heavy atom. The van der Waals surface area contributed by atoms with Gasteiger partial charge in [-0.1, -0.05) is 35.0 Å². The fourth-order valence-corrected chi connectivity index (χ4v) is 3.24. The van der Waals surface area contributed by atoms with Crippen LogP contribution in [-0.2, 0) is 4.79 Å². The summed E-state index contributed by atoms with van der Waals surface area (Å²) in [5.74, 6) is 4.62. The second kappa shape index (κ2) is 8.12. The lowest BCUT2D eigenvalue weighted by atomic mass is 10.2. The van der Waals surface area contributed by atoms with Crippen LogP contribution in [0.4, 0.5) is 14.5 Å². The van der Waals surface area contributed by atoms with Crippen molar-refractivity contribution < 1.29 is 13.6 Å². The Balaban J connectivity index is 1.70. The van der Waals surface area contributed by atoms with E-state index in [4.69, 9.17) is 29.0 Å². The molecule has 0 saturated heterocycles. The Kier molecular flexibility index (Phi) is 5.83. The predicted octanol–water partition coefficient (Wildman–Crippen LogP) is 3.97. The third kappa shape index (κ3) is 4.49. The van der Waals surface area contributed by atoms with Crippen LogP contribution in [0.25, 0.3) is 11.4 Å². The summed E-state index contributed by atoms with van der Waals surface area (Å²) in [5, 5.41) is 10.6. The second-order valence-electron chi connectivity index (χ2n) is 5.27. The molecule has 2 aromatic carbocycles. The maximum Gasteiger partial charge on any atom is 0.234 e. The van der Waals surface area contributed by atoms with E-state index in [-0.39, 0.29) is 38.2 Å². The summed E-state index contributed by atoms with van der Waals surface area (Å²) in [5.41, 5.74) is 0.677. The molecule has 0 radical (unpaired) electrons. The van der Waals surface area contributed by atoms with Gasteiger partial charge in [-0.3, -0.25) is 4.79 Å². The average Bonchev–Trinajstić information content (AvgIpc) is 2.99. The highest BCUT2D eigenvalue weighted by molar-refractivity contribution is 7.99. The van der Waals surface area contributed by atoms with Crippen molar-refractivity contribution in [2.45, 2.75) is 5.16 Å². The number of nitrogen functional groups attached to an aromatic ring is 1. The van der Waals surface area contributed by atoms with E-state index in [1.807, 2.05) is 0 Å². The summed E-state index contributed by atoms with van der Waals surface area (Å²) in [6, 6.07) is 7.71. The molecule has 0 bridgehead atoms. The molecule has 0 aliphatic heterocycles. The zero-order valence-corrected chi connectivity index (χ0v) is 15.7. The molecule has 0 fully saturated rings. The molecule has 1 aromatic heterocycles. The molecule has 1 heterocycles. The van der Waals surface area contributed by atoms with Gasteiger partial charge in [0.2, 0.25) is 11.1 Å². The summed E-state index contributed by atoms with van der Waals surface area (Å²) in [7, 11) is 0. The number of carbonyl (C=O) groups excluding carboxylic acids is 1. The quantitative estimate of drug-likeness (QED) is 0.364. The number of rotatable bonds is 5. The number of hydrogen-bond acceptors (Lipinski definition) is 5. The molecule has 0 aliphatic rings. The van der Waals surface area contributed by atoms with Crippen molar-refractivity contribution in [2.24, 2.45) is 0 Å². The van der Waals surface area contributed by atoms with Crippen LogP contribution in [0.15, 0.2) is 41.6 Å². The molecular formula is C16H11Cl2F2N5OS. The fraction of sp³-hybridized carbons (Fsp3) is 0.0625. The van der Waals surface area contributed by atoms with E-state index >= 15 is 0 Å². The topological polar surface area (TPSA) is 85.8 Å². The molecule has 3 aromatic rings. The molecule has 0 unspecified atom stereocenters. The Morgan fingerprint density at radius 2 is 1.85 bits per heavy atom. The minimum atomic E-state index is -0.674. The van der Waals surface area contributed by atoms with Crippen molar-refractivity contribution in [1.82, 2.24) is 14.9 Å². The van der Waals surface area contributed by atoms with E-state index in [9.17, 15) is 13.6 Å². The van der Waals surface area contributed by atoms with Crippen molar-refractivity contribution in [1.29, 1.82) is 0 Å². The number of nitrogens with zero attached hydrogens (tertiary/aromatic N) is 3. The van der Waals surface area contributed by atoms with E-state index in [1.165, 1.54) is 30.3 Å². The number of thioether (sulfide) groups is 1. The minimum absolute atomic E-state index is 0.0184. The molecule has 1 amide bonds. The van der Waals surface area contributed by atoms with Crippen LogP contribution in [0, 0.1) is 11.6 Å². The van der Waals surface area contributed by atoms with E-state index in [2.05, 4.69) is 15.5 Å². The molecule has 0 spiro atoms. The van der Waals surface area contributed by atoms with Crippen molar-refractivity contribution >= 4 is 46.6 Å². The van der Waals surface area contributed by atoms with Gasteiger partial charge >= 0.3 is 0 Å². The van der Waals surface area contributed by atoms with E-state index < -0.39 is 11.6 Å². The fourth-order valence-electron chi connectivity index (χ4n) is 2.11. The van der Waals surface area contributed by atoms with Gasteiger partial charge in [-0.15, -0.1) is 10.2 Å². The second-order valence-corrected chi connectivity index (χ2v) is 7.02. The SMILES string of the molecule is Nn1c(SCC(=O)Nc2ccc(F)cc2)nnc1-c1cc(F)c(Cl)cc1Cl. The van der Waals surface area contributed by atoms with Crippen LogP contribution in [0.5, 0.6) is 0 Å². The van der Waals surface area contributed by atoms with E-state index in [0.717, 1.165) is 22.5 Å². The number of carbonyl (C=O) groups is 1. The van der Waals surface area contributed by atoms with Crippen LogP contribution >= 0.6 is 35.0 Å². The zero-order chi connectivity index (χ0) is 19.6. The largest absolute Gasteiger partial charge is 0.335 e. The maximum absolute atomic E-state index is 13.7. The van der Waals surface area contributed by atoms with Gasteiger partial charge in [-0.05, 0) is 36.4 Å². The Morgan fingerprint density at radius 3 is 2.56 bits per heavy atom. The first-order valence-corrected chi connectivity index (χ1v) is 9.13. The summed E-state index contributed by atoms with van der Waals surface area (Å²) in [4.78, 5) is 12.0. The number of nitrogens with two attached hydrogens (primary N) is 1. The van der Waals surface area contributed by atoms with Gasteiger partial charge in [0, 0.05) is 11.3 Å². The van der Waals surface area contributed by atoms with Gasteiger partial charge in [-0.25, -0.2) is 13.5 Å². The van der Waals surface area contributed by atoms with E-state index in [1.54, 1.807) is 0 Å². The van der Waals surface area contributed by atoms with Crippen molar-refractivity contribution in [2.75, 3.05) is 16.9 Å². The molecule has 0 atom stereocenters. The first-order valence-electron chi connectivity index (χ1n) is 7.39. The predicted molar refractivity (Wildman–Crippen MR) is 101 cm³/mol. The normalized spacial score (nSPS) is 10.8. The number of aromatic nitrogens is 3. The molecule has 6 nitrogen and oxygen atoms in total. The van der Waals surface area contributed by atoms with Crippen LogP contribution in [-0.4, -0.2) is 26.5 Å². The summed E-state index contributed by atoms with van der Waals surface area (Å²) >= 11 is 12.8. The molecule has 3 rings (SSSR count). The summed E-state index contributed by atoms with van der Waals surface area (Å²) in [6.07, 6.45) is 0. The van der Waals surface area contributed by atoms with Crippen molar-refractivity contribution in [3.8, 4) is 11.4 Å². The van der Waals surface area contributed by atoms with Gasteiger partial charge in [0.1, 0.15) is 11.6 Å². The minimum Gasteiger partial charge on any atom is -0.335 e. The lowest BCUT2D eigenvalue weighted by Gasteiger charge is -2.07. The monoisotopic (exact) mass is 429 g/mol. The zero-order valence-electron chi connectivity index (χ0n) is 13.4. The standard InChI is InChI=1S/C16H11Cl2F2N5OS/c17-11-6-12(18)13(20)5-10(11)15-23-24-16(25(15)21)27-7-14(26)22-9-3-1-8(19)2-4-9/h1-6H,7,21H2,(H,22,26). The molecule has 27 heavy (non-hydrogen) atoms. The molecular weight excluding hydrogens is 419 g/mol. The van der Waals surface area contributed by atoms with Crippen LogP contribution in [0.2, 0.25) is 10.0 Å². The lowest BCUT2D eigenvalue weighted by molar-refractivity contribution is -0.113. The summed E-state index contributed by atoms with van der Waals surface area (Å²) in [6.45, 7) is 0. The number of benzene rings is 2. The number of hydrogen-bond donors (Lipinski definition) is 2. The molecule has 140 valence electrons. The Hall–Kier alpha value is -2.36. The first kappa shape index (κ1) is 19.4. The van der Waals surface area contributed by atoms with Crippen LogP contribution in [0.1, 0.15) is 0 Å². The van der Waals surface area contributed by atoms with Crippen LogP contribution in [0.3, 0.4) is 0 Å². The highest BCUT2D eigenvalue weighted by Crippen LogP contribution is 2.32. The number of amides is 1.